The average Bonchev–Trinajstić information content (AvgIpc) is 3.59. The van der Waals surface area contributed by atoms with Crippen LogP contribution in [0.5, 0.6) is 11.5 Å². The molecule has 3 heterocycles. The van der Waals surface area contributed by atoms with Crippen molar-refractivity contribution in [1.29, 1.82) is 0 Å². The van der Waals surface area contributed by atoms with Crippen LogP contribution in [0.1, 0.15) is 47.3 Å². The highest BCUT2D eigenvalue weighted by molar-refractivity contribution is 8.26. The number of thiocarbonyl (C=S) groups is 1. The third-order valence-corrected chi connectivity index (χ3v) is 8.40. The van der Waals surface area contributed by atoms with Gasteiger partial charge in [0, 0.05) is 30.5 Å². The molecule has 0 aliphatic carbocycles. The van der Waals surface area contributed by atoms with Gasteiger partial charge in [-0.2, -0.15) is 0 Å². The van der Waals surface area contributed by atoms with Gasteiger partial charge in [0.15, 0.2) is 16.6 Å². The molecule has 10 heteroatoms. The SMILES string of the molecule is Cc1cccc(Cc2cnc(NC(=O)CCCCCN3C(=O)/C(=C/c4ccc5c(c4)OCO5)SC3=S)s2)c1. The molecule has 2 aromatic carbocycles. The first-order valence-corrected chi connectivity index (χ1v) is 14.4. The molecule has 0 unspecified atom stereocenters. The van der Waals surface area contributed by atoms with Crippen LogP contribution in [0.4, 0.5) is 5.13 Å². The predicted molar refractivity (Wildman–Crippen MR) is 156 cm³/mol. The van der Waals surface area contributed by atoms with Gasteiger partial charge >= 0.3 is 0 Å². The van der Waals surface area contributed by atoms with E-state index < -0.39 is 0 Å². The molecule has 1 fully saturated rings. The van der Waals surface area contributed by atoms with E-state index in [4.69, 9.17) is 21.7 Å². The molecule has 2 aliphatic rings. The molecule has 2 amide bonds. The molecular weight excluding hydrogens is 539 g/mol. The highest BCUT2D eigenvalue weighted by Gasteiger charge is 2.31. The van der Waals surface area contributed by atoms with Gasteiger partial charge in [0.25, 0.3) is 5.91 Å². The number of aromatic nitrogens is 1. The quantitative estimate of drug-likeness (QED) is 0.179. The molecule has 0 atom stereocenters. The van der Waals surface area contributed by atoms with Crippen LogP contribution in [0.3, 0.4) is 0 Å². The van der Waals surface area contributed by atoms with Gasteiger partial charge in [-0.1, -0.05) is 66.3 Å². The van der Waals surface area contributed by atoms with E-state index in [1.807, 2.05) is 30.5 Å². The normalized spacial score (nSPS) is 15.5. The molecular formula is C28H27N3O4S3. The number of fused-ring (bicyclic) bond motifs is 1. The minimum atomic E-state index is -0.0827. The molecule has 1 aromatic heterocycles. The van der Waals surface area contributed by atoms with Crippen molar-refractivity contribution in [3.63, 3.8) is 0 Å². The first-order chi connectivity index (χ1) is 18.4. The van der Waals surface area contributed by atoms with Gasteiger partial charge in [-0.15, -0.1) is 11.3 Å². The van der Waals surface area contributed by atoms with E-state index in [9.17, 15) is 9.59 Å². The number of aryl methyl sites for hydroxylation is 1. The fourth-order valence-corrected chi connectivity index (χ4v) is 6.40. The fraction of sp³-hybridized carbons (Fsp3) is 0.286. The molecule has 2 aliphatic heterocycles. The van der Waals surface area contributed by atoms with Crippen LogP contribution in [-0.4, -0.2) is 39.4 Å². The zero-order chi connectivity index (χ0) is 26.5. The summed E-state index contributed by atoms with van der Waals surface area (Å²) in [6.45, 7) is 2.83. The number of amides is 2. The Morgan fingerprint density at radius 2 is 2.03 bits per heavy atom. The van der Waals surface area contributed by atoms with Crippen LogP contribution in [0, 0.1) is 6.92 Å². The lowest BCUT2D eigenvalue weighted by atomic mass is 10.1. The largest absolute Gasteiger partial charge is 0.454 e. The van der Waals surface area contributed by atoms with Crippen molar-refractivity contribution in [2.75, 3.05) is 18.7 Å². The van der Waals surface area contributed by atoms with Crippen LogP contribution in [-0.2, 0) is 16.0 Å². The van der Waals surface area contributed by atoms with Crippen molar-refractivity contribution < 1.29 is 19.1 Å². The number of unbranched alkanes of at least 4 members (excludes halogenated alkanes) is 2. The fourth-order valence-electron chi connectivity index (χ4n) is 4.23. The third kappa shape index (κ3) is 6.61. The molecule has 3 aromatic rings. The van der Waals surface area contributed by atoms with E-state index in [2.05, 4.69) is 41.5 Å². The van der Waals surface area contributed by atoms with Gasteiger partial charge in [0.2, 0.25) is 12.7 Å². The number of carbonyl (C=O) groups is 2. The van der Waals surface area contributed by atoms with Crippen molar-refractivity contribution in [3.8, 4) is 11.5 Å². The number of ether oxygens (including phenoxy) is 2. The van der Waals surface area contributed by atoms with Crippen LogP contribution in [0.15, 0.2) is 53.6 Å². The van der Waals surface area contributed by atoms with E-state index in [1.165, 1.54) is 34.2 Å². The molecule has 1 N–H and O–H groups in total. The van der Waals surface area contributed by atoms with Gasteiger partial charge in [0.1, 0.15) is 4.32 Å². The summed E-state index contributed by atoms with van der Waals surface area (Å²) in [4.78, 5) is 33.0. The van der Waals surface area contributed by atoms with Crippen LogP contribution < -0.4 is 14.8 Å². The summed E-state index contributed by atoms with van der Waals surface area (Å²) >= 11 is 8.26. The van der Waals surface area contributed by atoms with Gasteiger partial charge in [-0.25, -0.2) is 4.98 Å². The monoisotopic (exact) mass is 565 g/mol. The standard InChI is InChI=1S/C28H27N3O4S3/c1-18-6-5-7-19(12-18)13-21-16-29-27(37-21)30-25(32)8-3-2-4-11-31-26(33)24(38-28(31)36)15-20-9-10-22-23(14-20)35-17-34-22/h5-7,9-10,12,14-16H,2-4,8,11,13,17H2,1H3,(H,29,30,32)/b24-15-. The zero-order valence-corrected chi connectivity index (χ0v) is 23.3. The Hall–Kier alpha value is -3.21. The third-order valence-electron chi connectivity index (χ3n) is 6.11. The van der Waals surface area contributed by atoms with Gasteiger partial charge in [0.05, 0.1) is 4.91 Å². The first kappa shape index (κ1) is 26.4. The maximum absolute atomic E-state index is 12.9. The first-order valence-electron chi connectivity index (χ1n) is 12.4. The highest BCUT2D eigenvalue weighted by atomic mass is 32.2. The van der Waals surface area contributed by atoms with E-state index in [-0.39, 0.29) is 18.6 Å². The lowest BCUT2D eigenvalue weighted by Gasteiger charge is -2.14. The topological polar surface area (TPSA) is 80.8 Å². The number of thiazole rings is 1. The minimum absolute atomic E-state index is 0.0428. The number of nitrogens with one attached hydrogen (secondary N) is 1. The van der Waals surface area contributed by atoms with Gasteiger partial charge in [-0.3, -0.25) is 14.5 Å². The molecule has 5 rings (SSSR count). The lowest BCUT2D eigenvalue weighted by molar-refractivity contribution is -0.122. The summed E-state index contributed by atoms with van der Waals surface area (Å²) < 4.78 is 11.3. The Balaban J connectivity index is 1.03. The number of anilines is 1. The number of rotatable bonds is 10. The molecule has 38 heavy (non-hydrogen) atoms. The summed E-state index contributed by atoms with van der Waals surface area (Å²) in [5, 5.41) is 3.53. The molecule has 0 radical (unpaired) electrons. The van der Waals surface area contributed by atoms with Crippen molar-refractivity contribution in [3.05, 3.63) is 75.1 Å². The van der Waals surface area contributed by atoms with Crippen LogP contribution >= 0.6 is 35.3 Å². The van der Waals surface area contributed by atoms with E-state index in [0.29, 0.717) is 38.8 Å². The molecule has 1 saturated heterocycles. The summed E-state index contributed by atoms with van der Waals surface area (Å²) in [6.07, 6.45) is 7.20. The number of hydrogen-bond acceptors (Lipinski definition) is 8. The second-order valence-corrected chi connectivity index (χ2v) is 11.9. The summed E-state index contributed by atoms with van der Waals surface area (Å²) in [6, 6.07) is 14.0. The van der Waals surface area contributed by atoms with Crippen molar-refractivity contribution in [2.24, 2.45) is 0 Å². The van der Waals surface area contributed by atoms with E-state index in [1.54, 1.807) is 4.90 Å². The molecule has 7 nitrogen and oxygen atoms in total. The second kappa shape index (κ2) is 12.1. The van der Waals surface area contributed by atoms with Crippen molar-refractivity contribution >= 4 is 62.7 Å². The van der Waals surface area contributed by atoms with Gasteiger partial charge < -0.3 is 14.8 Å². The Morgan fingerprint density at radius 1 is 1.16 bits per heavy atom. The number of carbonyl (C=O) groups excluding carboxylic acids is 2. The van der Waals surface area contributed by atoms with Crippen LogP contribution in [0.2, 0.25) is 0 Å². The number of hydrogen-bond donors (Lipinski definition) is 1. The summed E-state index contributed by atoms with van der Waals surface area (Å²) in [7, 11) is 0. The van der Waals surface area contributed by atoms with E-state index >= 15 is 0 Å². The smallest absolute Gasteiger partial charge is 0.266 e. The second-order valence-electron chi connectivity index (χ2n) is 9.10. The summed E-state index contributed by atoms with van der Waals surface area (Å²) in [5.74, 6) is 1.26. The molecule has 0 saturated carbocycles. The minimum Gasteiger partial charge on any atom is -0.454 e. The van der Waals surface area contributed by atoms with Crippen LogP contribution in [0.25, 0.3) is 6.08 Å². The Labute approximate surface area is 235 Å². The summed E-state index contributed by atoms with van der Waals surface area (Å²) in [5.41, 5.74) is 3.33. The Bertz CT molecular complexity index is 1400. The maximum Gasteiger partial charge on any atom is 0.266 e. The van der Waals surface area contributed by atoms with Gasteiger partial charge in [-0.05, 0) is 49.1 Å². The number of benzene rings is 2. The Kier molecular flexibility index (Phi) is 8.41. The lowest BCUT2D eigenvalue weighted by Crippen LogP contribution is -2.29. The number of nitrogens with zero attached hydrogens (tertiary/aromatic N) is 2. The molecule has 196 valence electrons. The zero-order valence-electron chi connectivity index (χ0n) is 20.9. The maximum atomic E-state index is 12.9. The molecule has 0 bridgehead atoms. The number of thioether (sulfide) groups is 1. The molecule has 0 spiro atoms. The van der Waals surface area contributed by atoms with Crippen molar-refractivity contribution in [1.82, 2.24) is 9.88 Å². The average molecular weight is 566 g/mol. The predicted octanol–water partition coefficient (Wildman–Crippen LogP) is 6.17. The highest BCUT2D eigenvalue weighted by Crippen LogP contribution is 2.36. The van der Waals surface area contributed by atoms with Crippen molar-refractivity contribution in [2.45, 2.75) is 39.0 Å². The van der Waals surface area contributed by atoms with E-state index in [0.717, 1.165) is 36.1 Å². The Morgan fingerprint density at radius 3 is 2.89 bits per heavy atom.